The van der Waals surface area contributed by atoms with E-state index in [1.54, 1.807) is 6.07 Å². The van der Waals surface area contributed by atoms with Crippen molar-refractivity contribution < 1.29 is 19.3 Å². The van der Waals surface area contributed by atoms with E-state index in [4.69, 9.17) is 0 Å². The highest BCUT2D eigenvalue weighted by Gasteiger charge is 2.58. The molecular formula is C18H17N3O5. The fourth-order valence-corrected chi connectivity index (χ4v) is 4.32. The van der Waals surface area contributed by atoms with E-state index in [2.05, 4.69) is 5.32 Å². The molecule has 0 unspecified atom stereocenters. The van der Waals surface area contributed by atoms with Gasteiger partial charge < -0.3 is 5.32 Å². The van der Waals surface area contributed by atoms with Gasteiger partial charge in [-0.1, -0.05) is 18.2 Å². The predicted octanol–water partition coefficient (Wildman–Crippen LogP) is 1.73. The molecule has 3 amide bonds. The summed E-state index contributed by atoms with van der Waals surface area (Å²) in [4.78, 5) is 48.6. The van der Waals surface area contributed by atoms with Gasteiger partial charge in [0.2, 0.25) is 17.7 Å². The van der Waals surface area contributed by atoms with E-state index in [0.29, 0.717) is 5.69 Å². The van der Waals surface area contributed by atoms with Gasteiger partial charge in [-0.05, 0) is 24.3 Å². The van der Waals surface area contributed by atoms with Crippen LogP contribution >= 0.6 is 0 Å². The first-order chi connectivity index (χ1) is 12.5. The van der Waals surface area contributed by atoms with Crippen LogP contribution in [0.1, 0.15) is 12.8 Å². The summed E-state index contributed by atoms with van der Waals surface area (Å²) in [7, 11) is 0. The summed E-state index contributed by atoms with van der Waals surface area (Å²) in [5.74, 6) is -1.01. The number of anilines is 1. The summed E-state index contributed by atoms with van der Waals surface area (Å²) in [5, 5.41) is 13.3. The highest BCUT2D eigenvalue weighted by Crippen LogP contribution is 2.52. The molecule has 8 heteroatoms. The van der Waals surface area contributed by atoms with E-state index < -0.39 is 10.8 Å². The van der Waals surface area contributed by atoms with Crippen molar-refractivity contribution in [2.24, 2.45) is 23.7 Å². The topological polar surface area (TPSA) is 110 Å². The zero-order chi connectivity index (χ0) is 18.4. The van der Waals surface area contributed by atoms with E-state index in [9.17, 15) is 24.5 Å². The molecule has 0 spiro atoms. The zero-order valence-corrected chi connectivity index (χ0v) is 13.8. The molecule has 2 aliphatic carbocycles. The second-order valence-corrected chi connectivity index (χ2v) is 6.93. The molecule has 1 aliphatic heterocycles. The Morgan fingerprint density at radius 3 is 2.46 bits per heavy atom. The number of fused-ring (bicyclic) bond motifs is 5. The molecule has 1 aromatic carbocycles. The van der Waals surface area contributed by atoms with E-state index >= 15 is 0 Å². The summed E-state index contributed by atoms with van der Waals surface area (Å²) < 4.78 is 0. The maximum atomic E-state index is 12.5. The summed E-state index contributed by atoms with van der Waals surface area (Å²) in [5.41, 5.74) is 0.186. The number of amides is 3. The molecule has 1 aromatic rings. The number of imide groups is 1. The fraction of sp³-hybridized carbons (Fsp3) is 0.389. The van der Waals surface area contributed by atoms with Crippen molar-refractivity contribution >= 4 is 29.1 Å². The van der Waals surface area contributed by atoms with E-state index in [-0.39, 0.29) is 54.1 Å². The SMILES string of the molecule is O=C(CCN1C(=O)[C@@H]2[C@@H](C1=O)[C@H]1C=C[C@H]2C1)Nc1cccc([N+](=O)[O-])c1. The minimum absolute atomic E-state index is 0.0326. The normalized spacial score (nSPS) is 28.5. The molecule has 1 heterocycles. The summed E-state index contributed by atoms with van der Waals surface area (Å²) in [6.07, 6.45) is 4.88. The van der Waals surface area contributed by atoms with Crippen LogP contribution in [-0.4, -0.2) is 34.1 Å². The van der Waals surface area contributed by atoms with E-state index in [1.807, 2.05) is 12.2 Å². The molecule has 1 N–H and O–H groups in total. The van der Waals surface area contributed by atoms with Crippen LogP contribution in [0.25, 0.3) is 0 Å². The van der Waals surface area contributed by atoms with Gasteiger partial charge in [0, 0.05) is 30.8 Å². The average molecular weight is 355 g/mol. The molecule has 1 saturated carbocycles. The Morgan fingerprint density at radius 2 is 1.85 bits per heavy atom. The Balaban J connectivity index is 1.37. The first kappa shape index (κ1) is 16.4. The maximum Gasteiger partial charge on any atom is 0.271 e. The van der Waals surface area contributed by atoms with Crippen LogP contribution in [0, 0.1) is 33.8 Å². The first-order valence-corrected chi connectivity index (χ1v) is 8.53. The number of hydrogen-bond donors (Lipinski definition) is 1. The third kappa shape index (κ3) is 2.58. The van der Waals surface area contributed by atoms with Crippen LogP contribution in [-0.2, 0) is 14.4 Å². The lowest BCUT2D eigenvalue weighted by Crippen LogP contribution is -2.35. The second kappa shape index (κ2) is 6.05. The number of allylic oxidation sites excluding steroid dienone is 2. The Morgan fingerprint density at radius 1 is 1.19 bits per heavy atom. The van der Waals surface area contributed by atoms with Gasteiger partial charge in [0.25, 0.3) is 5.69 Å². The van der Waals surface area contributed by atoms with E-state index in [0.717, 1.165) is 6.42 Å². The number of hydrogen-bond acceptors (Lipinski definition) is 5. The number of benzene rings is 1. The molecule has 8 nitrogen and oxygen atoms in total. The molecule has 2 bridgehead atoms. The number of likely N-dealkylation sites (tertiary alicyclic amines) is 1. The van der Waals surface area contributed by atoms with Gasteiger partial charge in [-0.2, -0.15) is 0 Å². The van der Waals surface area contributed by atoms with Crippen LogP contribution in [0.15, 0.2) is 36.4 Å². The van der Waals surface area contributed by atoms with Crippen LogP contribution in [0.2, 0.25) is 0 Å². The van der Waals surface area contributed by atoms with Gasteiger partial charge >= 0.3 is 0 Å². The summed E-state index contributed by atoms with van der Waals surface area (Å²) >= 11 is 0. The quantitative estimate of drug-likeness (QED) is 0.374. The van der Waals surface area contributed by atoms with Gasteiger partial charge in [0.1, 0.15) is 0 Å². The lowest BCUT2D eigenvalue weighted by molar-refractivity contribution is -0.384. The van der Waals surface area contributed by atoms with Gasteiger partial charge in [0.15, 0.2) is 0 Å². The van der Waals surface area contributed by atoms with Crippen molar-refractivity contribution in [1.29, 1.82) is 0 Å². The van der Waals surface area contributed by atoms with Crippen LogP contribution in [0.3, 0.4) is 0 Å². The van der Waals surface area contributed by atoms with Crippen molar-refractivity contribution in [1.82, 2.24) is 4.90 Å². The molecular weight excluding hydrogens is 338 g/mol. The summed E-state index contributed by atoms with van der Waals surface area (Å²) in [6, 6.07) is 5.62. The van der Waals surface area contributed by atoms with Gasteiger partial charge in [-0.15, -0.1) is 0 Å². The van der Waals surface area contributed by atoms with E-state index in [1.165, 1.54) is 23.1 Å². The highest BCUT2D eigenvalue weighted by molar-refractivity contribution is 6.06. The van der Waals surface area contributed by atoms with Gasteiger partial charge in [0.05, 0.1) is 16.8 Å². The van der Waals surface area contributed by atoms with Crippen LogP contribution in [0.5, 0.6) is 0 Å². The predicted molar refractivity (Wildman–Crippen MR) is 90.8 cm³/mol. The minimum atomic E-state index is -0.543. The lowest BCUT2D eigenvalue weighted by Gasteiger charge is -2.16. The van der Waals surface area contributed by atoms with Crippen molar-refractivity contribution in [3.05, 3.63) is 46.5 Å². The zero-order valence-electron chi connectivity index (χ0n) is 13.8. The maximum absolute atomic E-state index is 12.5. The molecule has 1 saturated heterocycles. The molecule has 4 rings (SSSR count). The van der Waals surface area contributed by atoms with Gasteiger partial charge in [-0.3, -0.25) is 29.4 Å². The van der Waals surface area contributed by atoms with Crippen LogP contribution in [0.4, 0.5) is 11.4 Å². The molecule has 3 aliphatic rings. The van der Waals surface area contributed by atoms with Crippen molar-refractivity contribution in [3.8, 4) is 0 Å². The molecule has 0 aromatic heterocycles. The van der Waals surface area contributed by atoms with Crippen molar-refractivity contribution in [2.75, 3.05) is 11.9 Å². The third-order valence-electron chi connectivity index (χ3n) is 5.46. The number of nitro groups is 1. The van der Waals surface area contributed by atoms with Crippen LogP contribution < -0.4 is 5.32 Å². The number of nitrogens with zero attached hydrogens (tertiary/aromatic N) is 2. The fourth-order valence-electron chi connectivity index (χ4n) is 4.32. The Hall–Kier alpha value is -3.03. The number of nitro benzene ring substituents is 1. The lowest BCUT2D eigenvalue weighted by atomic mass is 9.85. The van der Waals surface area contributed by atoms with Crippen molar-refractivity contribution in [3.63, 3.8) is 0 Å². The molecule has 2 fully saturated rings. The number of non-ortho nitro benzene ring substituents is 1. The molecule has 4 atom stereocenters. The average Bonchev–Trinajstić information content (AvgIpc) is 3.28. The number of carbonyl (C=O) groups is 3. The Bertz CT molecular complexity index is 819. The third-order valence-corrected chi connectivity index (χ3v) is 5.46. The highest BCUT2D eigenvalue weighted by atomic mass is 16.6. The van der Waals surface area contributed by atoms with Crippen molar-refractivity contribution in [2.45, 2.75) is 12.8 Å². The Kier molecular flexibility index (Phi) is 3.82. The summed E-state index contributed by atoms with van der Waals surface area (Å²) in [6.45, 7) is 0.0326. The standard InChI is InChI=1S/C18H17N3O5/c22-14(19-12-2-1-3-13(9-12)21(25)26)6-7-20-17(23)15-10-4-5-11(8-10)16(15)18(20)24/h1-5,9-11,15-16H,6-8H2,(H,19,22)/t10-,11-,15-,16-/m0/s1. The number of carbonyl (C=O) groups excluding carboxylic acids is 3. The molecule has 134 valence electrons. The first-order valence-electron chi connectivity index (χ1n) is 8.53. The second-order valence-electron chi connectivity index (χ2n) is 6.93. The monoisotopic (exact) mass is 355 g/mol. The van der Waals surface area contributed by atoms with Gasteiger partial charge in [-0.25, -0.2) is 0 Å². The number of rotatable bonds is 5. The molecule has 26 heavy (non-hydrogen) atoms. The minimum Gasteiger partial charge on any atom is -0.326 e. The Labute approximate surface area is 149 Å². The smallest absolute Gasteiger partial charge is 0.271 e. The largest absolute Gasteiger partial charge is 0.326 e. The number of nitrogens with one attached hydrogen (secondary N) is 1. The molecule has 0 radical (unpaired) electrons.